The van der Waals surface area contributed by atoms with Gasteiger partial charge in [0.25, 0.3) is 0 Å². The van der Waals surface area contributed by atoms with E-state index >= 15 is 0 Å². The number of rotatable bonds is 5. The summed E-state index contributed by atoms with van der Waals surface area (Å²) < 4.78 is 5.18. The predicted octanol–water partition coefficient (Wildman–Crippen LogP) is 1.65. The van der Waals surface area contributed by atoms with Crippen LogP contribution in [-0.2, 0) is 4.79 Å². The molecule has 2 N–H and O–H groups in total. The second-order valence-corrected chi connectivity index (χ2v) is 3.38. The molecule has 0 aliphatic heterocycles. The third kappa shape index (κ3) is 2.88. The first-order valence-corrected chi connectivity index (χ1v) is 4.61. The normalized spacial score (nSPS) is 15.0. The molecule has 0 spiro atoms. The first-order chi connectivity index (χ1) is 6.61. The summed E-state index contributed by atoms with van der Waals surface area (Å²) in [6.45, 7) is 4.05. The van der Waals surface area contributed by atoms with Gasteiger partial charge in [0.05, 0.1) is 18.2 Å². The fraction of sp³-hybridized carbons (Fsp3) is 0.500. The number of carboxylic acid groups (broad SMARTS) is 1. The summed E-state index contributed by atoms with van der Waals surface area (Å²) in [5, 5.41) is 11.8. The number of aliphatic carboxylic acids is 1. The Labute approximate surface area is 82.9 Å². The van der Waals surface area contributed by atoms with Crippen molar-refractivity contribution in [2.24, 2.45) is 5.92 Å². The molecule has 0 radical (unpaired) electrons. The van der Waals surface area contributed by atoms with Gasteiger partial charge in [0.15, 0.2) is 0 Å². The van der Waals surface area contributed by atoms with Crippen LogP contribution in [0.1, 0.15) is 25.6 Å². The molecule has 78 valence electrons. The number of nitrogens with one attached hydrogen (secondary N) is 1. The van der Waals surface area contributed by atoms with E-state index in [1.165, 1.54) is 0 Å². The van der Waals surface area contributed by atoms with Crippen LogP contribution < -0.4 is 5.32 Å². The zero-order chi connectivity index (χ0) is 10.6. The van der Waals surface area contributed by atoms with Gasteiger partial charge in [-0.15, -0.1) is 0 Å². The van der Waals surface area contributed by atoms with E-state index in [-0.39, 0.29) is 12.0 Å². The molecule has 1 unspecified atom stereocenters. The van der Waals surface area contributed by atoms with Gasteiger partial charge in [-0.2, -0.15) is 0 Å². The van der Waals surface area contributed by atoms with Crippen LogP contribution in [0.2, 0.25) is 0 Å². The van der Waals surface area contributed by atoms with Gasteiger partial charge in [-0.25, -0.2) is 0 Å². The lowest BCUT2D eigenvalue weighted by Gasteiger charge is -2.13. The summed E-state index contributed by atoms with van der Waals surface area (Å²) >= 11 is 0. The Bertz CT molecular complexity index is 282. The highest BCUT2D eigenvalue weighted by molar-refractivity contribution is 5.69. The standard InChI is InChI=1S/C10H15NO3/c1-7(10(12)13)6-11-8(2)9-4-3-5-14-9/h3-5,7-8,11H,6H2,1-2H3,(H,12,13)/t7?,8-/m1/s1. The summed E-state index contributed by atoms with van der Waals surface area (Å²) in [5.41, 5.74) is 0. The van der Waals surface area contributed by atoms with Crippen LogP contribution >= 0.6 is 0 Å². The van der Waals surface area contributed by atoms with Gasteiger partial charge in [0, 0.05) is 6.54 Å². The number of carboxylic acids is 1. The van der Waals surface area contributed by atoms with E-state index in [0.29, 0.717) is 6.54 Å². The van der Waals surface area contributed by atoms with E-state index in [9.17, 15) is 4.79 Å². The molecule has 0 bridgehead atoms. The van der Waals surface area contributed by atoms with Gasteiger partial charge in [-0.05, 0) is 19.1 Å². The predicted molar refractivity (Wildman–Crippen MR) is 51.9 cm³/mol. The molecule has 1 aromatic rings. The van der Waals surface area contributed by atoms with Crippen LogP contribution in [0.4, 0.5) is 0 Å². The molecule has 1 rings (SSSR count). The van der Waals surface area contributed by atoms with Crippen molar-refractivity contribution in [3.8, 4) is 0 Å². The molecule has 0 aliphatic rings. The largest absolute Gasteiger partial charge is 0.481 e. The van der Waals surface area contributed by atoms with Crippen molar-refractivity contribution in [2.75, 3.05) is 6.54 Å². The second kappa shape index (κ2) is 4.81. The first kappa shape index (κ1) is 10.8. The van der Waals surface area contributed by atoms with Crippen LogP contribution in [0.3, 0.4) is 0 Å². The highest BCUT2D eigenvalue weighted by Gasteiger charge is 2.13. The monoisotopic (exact) mass is 197 g/mol. The van der Waals surface area contributed by atoms with Gasteiger partial charge in [0.2, 0.25) is 0 Å². The van der Waals surface area contributed by atoms with Crippen LogP contribution in [0.25, 0.3) is 0 Å². The van der Waals surface area contributed by atoms with Crippen LogP contribution in [0, 0.1) is 5.92 Å². The molecule has 0 aromatic carbocycles. The molecular formula is C10H15NO3. The fourth-order valence-electron chi connectivity index (χ4n) is 1.08. The molecular weight excluding hydrogens is 182 g/mol. The Morgan fingerprint density at radius 3 is 2.86 bits per heavy atom. The summed E-state index contributed by atoms with van der Waals surface area (Å²) in [6.07, 6.45) is 1.61. The maximum Gasteiger partial charge on any atom is 0.307 e. The average molecular weight is 197 g/mol. The number of furan rings is 1. The quantitative estimate of drug-likeness (QED) is 0.753. The Morgan fingerprint density at radius 2 is 2.36 bits per heavy atom. The third-order valence-electron chi connectivity index (χ3n) is 2.12. The molecule has 14 heavy (non-hydrogen) atoms. The molecule has 0 saturated carbocycles. The van der Waals surface area contributed by atoms with E-state index in [1.54, 1.807) is 13.2 Å². The van der Waals surface area contributed by atoms with Gasteiger partial charge >= 0.3 is 5.97 Å². The van der Waals surface area contributed by atoms with Gasteiger partial charge in [0.1, 0.15) is 5.76 Å². The number of carbonyl (C=O) groups is 1. The summed E-state index contributed by atoms with van der Waals surface area (Å²) in [4.78, 5) is 10.5. The maximum absolute atomic E-state index is 10.5. The van der Waals surface area contributed by atoms with E-state index in [0.717, 1.165) is 5.76 Å². The summed E-state index contributed by atoms with van der Waals surface area (Å²) in [6, 6.07) is 3.73. The molecule has 0 aliphatic carbocycles. The molecule has 2 atom stereocenters. The van der Waals surface area contributed by atoms with Crippen LogP contribution in [0.5, 0.6) is 0 Å². The van der Waals surface area contributed by atoms with Crippen molar-refractivity contribution in [2.45, 2.75) is 19.9 Å². The van der Waals surface area contributed by atoms with Crippen molar-refractivity contribution >= 4 is 5.97 Å². The molecule has 4 heteroatoms. The molecule has 0 saturated heterocycles. The molecule has 4 nitrogen and oxygen atoms in total. The van der Waals surface area contributed by atoms with Crippen LogP contribution in [-0.4, -0.2) is 17.6 Å². The van der Waals surface area contributed by atoms with Crippen molar-refractivity contribution in [3.05, 3.63) is 24.2 Å². The minimum Gasteiger partial charge on any atom is -0.481 e. The minimum atomic E-state index is -0.788. The topological polar surface area (TPSA) is 62.5 Å². The highest BCUT2D eigenvalue weighted by Crippen LogP contribution is 2.12. The molecule has 1 heterocycles. The Hall–Kier alpha value is -1.29. The Balaban J connectivity index is 2.35. The second-order valence-electron chi connectivity index (χ2n) is 3.38. The van der Waals surface area contributed by atoms with Gasteiger partial charge in [-0.3, -0.25) is 4.79 Å². The highest BCUT2D eigenvalue weighted by atomic mass is 16.4. The lowest BCUT2D eigenvalue weighted by Crippen LogP contribution is -2.28. The average Bonchev–Trinajstić information content (AvgIpc) is 2.66. The van der Waals surface area contributed by atoms with Crippen LogP contribution in [0.15, 0.2) is 22.8 Å². The van der Waals surface area contributed by atoms with Crippen molar-refractivity contribution in [3.63, 3.8) is 0 Å². The SMILES string of the molecule is CC(CN[C@H](C)c1ccco1)C(=O)O. The molecule has 0 fully saturated rings. The summed E-state index contributed by atoms with van der Waals surface area (Å²) in [5.74, 6) is -0.348. The third-order valence-corrected chi connectivity index (χ3v) is 2.12. The zero-order valence-corrected chi connectivity index (χ0v) is 8.36. The number of hydrogen-bond acceptors (Lipinski definition) is 3. The smallest absolute Gasteiger partial charge is 0.307 e. The van der Waals surface area contributed by atoms with Gasteiger partial charge in [-0.1, -0.05) is 6.92 Å². The van der Waals surface area contributed by atoms with Crippen molar-refractivity contribution in [1.82, 2.24) is 5.32 Å². The lowest BCUT2D eigenvalue weighted by molar-refractivity contribution is -0.141. The summed E-state index contributed by atoms with van der Waals surface area (Å²) in [7, 11) is 0. The zero-order valence-electron chi connectivity index (χ0n) is 8.36. The van der Waals surface area contributed by atoms with Crippen molar-refractivity contribution in [1.29, 1.82) is 0 Å². The molecule has 0 amide bonds. The minimum absolute atomic E-state index is 0.0480. The van der Waals surface area contributed by atoms with E-state index in [4.69, 9.17) is 9.52 Å². The lowest BCUT2D eigenvalue weighted by atomic mass is 10.1. The maximum atomic E-state index is 10.5. The first-order valence-electron chi connectivity index (χ1n) is 4.61. The van der Waals surface area contributed by atoms with Gasteiger partial charge < -0.3 is 14.8 Å². The Kier molecular flexibility index (Phi) is 3.71. The molecule has 1 aromatic heterocycles. The Morgan fingerprint density at radius 1 is 1.64 bits per heavy atom. The van der Waals surface area contributed by atoms with E-state index in [1.807, 2.05) is 19.1 Å². The van der Waals surface area contributed by atoms with Crippen molar-refractivity contribution < 1.29 is 14.3 Å². The van der Waals surface area contributed by atoms with E-state index in [2.05, 4.69) is 5.32 Å². The fourth-order valence-corrected chi connectivity index (χ4v) is 1.08. The number of hydrogen-bond donors (Lipinski definition) is 2. The van der Waals surface area contributed by atoms with E-state index < -0.39 is 5.97 Å².